The van der Waals surface area contributed by atoms with E-state index in [0.717, 1.165) is 83.5 Å². The normalized spacial score (nSPS) is 36.3. The molecule has 0 aliphatic heterocycles. The van der Waals surface area contributed by atoms with Gasteiger partial charge in [0.05, 0.1) is 18.3 Å². The van der Waals surface area contributed by atoms with Crippen LogP contribution in [0.5, 0.6) is 11.5 Å². The molecule has 15 unspecified atom stereocenters. The minimum atomic E-state index is -6.06. The average Bonchev–Trinajstić information content (AvgIpc) is 1.54. The Balaban J connectivity index is 0.000000208. The van der Waals surface area contributed by atoms with Crippen molar-refractivity contribution in [2.24, 2.45) is 69.0 Å². The molecule has 6 saturated carbocycles. The van der Waals surface area contributed by atoms with E-state index in [1.165, 1.54) is 77.6 Å². The molecule has 570 valence electrons. The fourth-order valence-electron chi connectivity index (χ4n) is 22.1. The number of phenolic OH excluding ortho intramolecular Hbond substituents is 2. The van der Waals surface area contributed by atoms with Crippen molar-refractivity contribution in [1.29, 1.82) is 0 Å². The Morgan fingerprint density at radius 3 is 1.36 bits per heavy atom. The van der Waals surface area contributed by atoms with E-state index in [0.29, 0.717) is 83.8 Å². The second-order valence-electron chi connectivity index (χ2n) is 31.8. The van der Waals surface area contributed by atoms with Crippen LogP contribution in [-0.4, -0.2) is 103 Å². The molecule has 0 radical (unpaired) electrons. The molecule has 0 amide bonds. The predicted molar refractivity (Wildman–Crippen MR) is 390 cm³/mol. The van der Waals surface area contributed by atoms with Crippen LogP contribution in [0.25, 0.3) is 0 Å². The molecular formula is C80H104I3K2O19Os-. The Morgan fingerprint density at radius 2 is 0.914 bits per heavy atom. The van der Waals surface area contributed by atoms with Gasteiger partial charge in [0.15, 0.2) is 5.78 Å². The third kappa shape index (κ3) is 19.2. The molecule has 0 bridgehead atoms. The van der Waals surface area contributed by atoms with Crippen LogP contribution in [0.2, 0.25) is 0 Å². The zero-order valence-electron chi connectivity index (χ0n) is 62.1. The van der Waals surface area contributed by atoms with Crippen LogP contribution in [0, 0.1) is 82.9 Å². The minimum absolute atomic E-state index is 0. The number of halogens is 3. The summed E-state index contributed by atoms with van der Waals surface area (Å²) in [6, 6.07) is 25.2. The van der Waals surface area contributed by atoms with Gasteiger partial charge in [0.2, 0.25) is 0 Å². The predicted octanol–water partition coefficient (Wildman–Crippen LogP) is 3.92. The van der Waals surface area contributed by atoms with E-state index >= 15 is 0 Å². The van der Waals surface area contributed by atoms with E-state index in [2.05, 4.69) is 137 Å². The van der Waals surface area contributed by atoms with Crippen molar-refractivity contribution in [2.45, 2.75) is 232 Å². The zero-order valence-corrected chi connectivity index (χ0v) is 76.4. The maximum absolute atomic E-state index is 12.2. The summed E-state index contributed by atoms with van der Waals surface area (Å²) in [6.45, 7) is 15.6. The molecule has 0 aromatic heterocycles. The van der Waals surface area contributed by atoms with Crippen molar-refractivity contribution in [3.63, 3.8) is 0 Å². The molecule has 0 spiro atoms. The number of aliphatic hydroxyl groups is 5. The molecule has 23 atom stereocenters. The number of benzene rings is 4. The van der Waals surface area contributed by atoms with Gasteiger partial charge in [0.1, 0.15) is 35.9 Å². The van der Waals surface area contributed by atoms with E-state index in [1.807, 2.05) is 37.3 Å². The Labute approximate surface area is 737 Å². The summed E-state index contributed by atoms with van der Waals surface area (Å²) >= 11 is -0.756. The average molecular weight is 2020 g/mol. The summed E-state index contributed by atoms with van der Waals surface area (Å²) in [7, 11) is 0. The van der Waals surface area contributed by atoms with Crippen LogP contribution in [-0.2, 0) is 88.2 Å². The Kier molecular flexibility index (Phi) is 33.1. The molecule has 25 heteroatoms. The first kappa shape index (κ1) is 91.3. The first-order valence-electron chi connectivity index (χ1n) is 35.8. The molecule has 0 saturated heterocycles. The van der Waals surface area contributed by atoms with Gasteiger partial charge in [-0.15, -0.1) is 0 Å². The van der Waals surface area contributed by atoms with Gasteiger partial charge in [-0.25, -0.2) is 0 Å². The summed E-state index contributed by atoms with van der Waals surface area (Å²) < 4.78 is 45.6. The van der Waals surface area contributed by atoms with Crippen LogP contribution in [0.15, 0.2) is 97.1 Å². The SMILES string of the molecule is C.CC(=O)OC1C=CC2C3CCc4cc(C)ccc4C3CC[C@]12C.CC(=O)OC1[C@@H](O)[C@@H](O)C2C3CCc4cc(C)ccc4C3CC[C@]12C.C[C@]12CCC3c4ccc(O)cc4CCC3C1C=CC2=O.C[C@]12CCC3c4ccc(O)cc4CCC3C1[C@H](O)[C@H](O)C2O.I[I-]I.O=CO[O-].[H-].[K+].[K+].[O]=[Os](=[O])(=[O])=[O]. The molecule has 6 fully saturated rings. The summed E-state index contributed by atoms with van der Waals surface area (Å²) in [4.78, 5) is 46.4. The van der Waals surface area contributed by atoms with E-state index in [9.17, 15) is 50.1 Å². The van der Waals surface area contributed by atoms with E-state index < -0.39 is 56.9 Å². The Bertz CT molecular complexity index is 4060. The number of aliphatic hydroxyl groups excluding tert-OH is 5. The zero-order chi connectivity index (χ0) is 74.3. The number of hydrogen-bond donors (Lipinski definition) is 7. The molecule has 4 aromatic rings. The summed E-state index contributed by atoms with van der Waals surface area (Å²) in [5, 5.41) is 80.3. The number of carbonyl (C=O) groups excluding carboxylic acids is 4. The first-order chi connectivity index (χ1) is 48.2. The first-order valence-corrected chi connectivity index (χ1v) is 52.5. The number of aromatic hydroxyl groups is 2. The monoisotopic (exact) mass is 2020 g/mol. The van der Waals surface area contributed by atoms with Gasteiger partial charge in [-0.05, 0) is 269 Å². The number of ketones is 1. The molecule has 0 heterocycles. The second kappa shape index (κ2) is 38.0. The Hall–Kier alpha value is -0.901. The number of rotatable bonds is 3. The van der Waals surface area contributed by atoms with E-state index in [4.69, 9.17) is 33.7 Å². The van der Waals surface area contributed by atoms with Crippen LogP contribution in [0.1, 0.15) is 207 Å². The summed E-state index contributed by atoms with van der Waals surface area (Å²) in [5.74, 6) is 5.28. The van der Waals surface area contributed by atoms with Crippen molar-refractivity contribution in [1.82, 2.24) is 0 Å². The number of phenols is 2. The molecule has 105 heavy (non-hydrogen) atoms. The van der Waals surface area contributed by atoms with Crippen molar-refractivity contribution in [2.75, 3.05) is 0 Å². The fraction of sp³-hybridized carbons (Fsp3) is 0.600. The van der Waals surface area contributed by atoms with Crippen LogP contribution in [0.4, 0.5) is 0 Å². The third-order valence-corrected chi connectivity index (χ3v) is 26.5. The van der Waals surface area contributed by atoms with Crippen LogP contribution >= 0.6 is 37.2 Å². The van der Waals surface area contributed by atoms with Crippen LogP contribution in [0.3, 0.4) is 0 Å². The van der Waals surface area contributed by atoms with Crippen molar-refractivity contribution in [3.05, 3.63) is 153 Å². The molecular weight excluding hydrogens is 1910 g/mol. The van der Waals surface area contributed by atoms with Crippen molar-refractivity contribution < 1.29 is 221 Å². The number of fused-ring (bicyclic) bond motifs is 20. The van der Waals surface area contributed by atoms with Gasteiger partial charge in [0, 0.05) is 35.5 Å². The molecule has 4 aromatic carbocycles. The van der Waals surface area contributed by atoms with Gasteiger partial charge in [-0.1, -0.05) is 107 Å². The summed E-state index contributed by atoms with van der Waals surface area (Å²) in [6.07, 6.45) is 19.9. The Morgan fingerprint density at radius 1 is 0.543 bits per heavy atom. The third-order valence-electron chi connectivity index (χ3n) is 26.5. The van der Waals surface area contributed by atoms with E-state index in [-0.39, 0.29) is 170 Å². The standard InChI is InChI=1S/C21H28O4.C21H26O2.C18H24O4.C18H20O2.CH2O3.CH4.I3.2K.4O.Os.H/c1-11-4-6-14-13(10-11)5-7-16-15(14)8-9-21(3)17(16)18(23)19(24)20(21)25-12(2)22;1-13-4-6-16-15(12-13)5-7-18-17(16)10-11-21(3)19(18)8-9-20(21)23-14(2)22;1-18-7-6-12-11-5-3-10(19)8-9(11)2-4-13(12)14(18)15(20)16(21)17(18)22;1-18-9-8-14-13-5-3-12(19)10-11(13)2-4-15(14)16(18)6-7-17(18)20;2-1-4-3;;1-3-2;;;;;;;;/h4,6,10,15-20,23-24H,5,7-9H2,1-3H3;4,6,8-9,12,17-20H,5,7,10-11H2,1-3H3;3,5,8,12-17,19-22H,2,4,6-7H2,1H3;3,5-7,10,14-16,19H,2,4,8-9H2,1H3;1,3H;1H4;;;;;;;;;/q;;;;;;-1;2*+1;;;;;;-1/p-1/t15?,16?,17?,18-,19-,20?,21-;17?,18?,19?,20?,21-;12?,13?,14?,15-,16-,17?,18-;14?,15?,16?,18-;;;;;;;;;;;/m0000.........../s1. The number of carbonyl (C=O) groups is 4. The van der Waals surface area contributed by atoms with Crippen molar-refractivity contribution in [3.8, 4) is 11.5 Å². The fourth-order valence-corrected chi connectivity index (χ4v) is 22.1. The number of hydrogen-bond acceptors (Lipinski definition) is 19. The molecule has 16 rings (SSSR count). The molecule has 7 N–H and O–H groups in total. The van der Waals surface area contributed by atoms with Crippen molar-refractivity contribution >= 4 is 61.4 Å². The van der Waals surface area contributed by atoms with Gasteiger partial charge >= 0.3 is 194 Å². The van der Waals surface area contributed by atoms with Crippen LogP contribution < -0.4 is 121 Å². The number of ether oxygens (including phenoxy) is 2. The maximum atomic E-state index is 12.2. The quantitative estimate of drug-likeness (QED) is 0.0291. The number of aryl methyl sites for hydroxylation is 6. The summed E-state index contributed by atoms with van der Waals surface area (Å²) in [5.41, 5.74) is 13.1. The molecule has 12 aliphatic carbocycles. The van der Waals surface area contributed by atoms with E-state index in [1.54, 1.807) is 17.2 Å². The van der Waals surface area contributed by atoms with Gasteiger partial charge < -0.3 is 56.8 Å². The van der Waals surface area contributed by atoms with Gasteiger partial charge in [-0.3, -0.25) is 19.2 Å². The van der Waals surface area contributed by atoms with Gasteiger partial charge in [-0.2, -0.15) is 0 Å². The number of allylic oxidation sites excluding steroid dienone is 3. The molecule has 19 nitrogen and oxygen atoms in total. The van der Waals surface area contributed by atoms with Gasteiger partial charge in [0.25, 0.3) is 6.47 Å². The number of esters is 2. The topological polar surface area (TPSA) is 329 Å². The molecule has 12 aliphatic rings. The second-order valence-corrected chi connectivity index (χ2v) is 50.6.